The lowest BCUT2D eigenvalue weighted by atomic mass is 10.0. The number of nitrogens with one attached hydrogen (secondary N) is 1. The van der Waals surface area contributed by atoms with E-state index >= 15 is 8.78 Å². The van der Waals surface area contributed by atoms with E-state index in [9.17, 15) is 14.7 Å². The van der Waals surface area contributed by atoms with Gasteiger partial charge in [0.2, 0.25) is 0 Å². The number of carbonyl (C=O) groups is 2. The maximum atomic E-state index is 15.3. The Balaban J connectivity index is 1.55. The number of carboxylic acids is 1. The molecule has 1 aliphatic heterocycles. The number of halogens is 3. The van der Waals surface area contributed by atoms with Gasteiger partial charge in [0, 0.05) is 35.4 Å². The van der Waals surface area contributed by atoms with Crippen molar-refractivity contribution >= 4 is 51.5 Å². The summed E-state index contributed by atoms with van der Waals surface area (Å²) in [7, 11) is 0. The van der Waals surface area contributed by atoms with Gasteiger partial charge in [0.1, 0.15) is 5.75 Å². The predicted octanol–water partition coefficient (Wildman–Crippen LogP) is 6.46. The number of amides is 1. The van der Waals surface area contributed by atoms with Gasteiger partial charge in [0.05, 0.1) is 28.6 Å². The number of nitrogens with zero attached hydrogens (tertiary/aromatic N) is 2. The van der Waals surface area contributed by atoms with Crippen LogP contribution in [-0.2, 0) is 0 Å². The topological polar surface area (TPSA) is 82.1 Å². The Labute approximate surface area is 239 Å². The number of piperazine rings is 1. The van der Waals surface area contributed by atoms with Crippen molar-refractivity contribution in [2.45, 2.75) is 33.3 Å². The second-order valence-corrected chi connectivity index (χ2v) is 10.7. The van der Waals surface area contributed by atoms with E-state index < -0.39 is 40.3 Å². The van der Waals surface area contributed by atoms with Crippen LogP contribution < -0.4 is 15.0 Å². The first-order valence-corrected chi connectivity index (χ1v) is 13.8. The normalized spacial score (nSPS) is 14.2. The summed E-state index contributed by atoms with van der Waals surface area (Å²) in [6.45, 7) is 7.22. The average Bonchev–Trinajstić information content (AvgIpc) is 2.92. The fraction of sp³-hybridized carbons (Fsp3) is 0.310. The number of hydrogen-bond acceptors (Lipinski definition) is 5. The first-order chi connectivity index (χ1) is 18.6. The number of anilines is 3. The molecule has 1 fully saturated rings. The van der Waals surface area contributed by atoms with Gasteiger partial charge in [-0.3, -0.25) is 4.79 Å². The van der Waals surface area contributed by atoms with Crippen molar-refractivity contribution in [2.24, 2.45) is 0 Å². The van der Waals surface area contributed by atoms with Gasteiger partial charge in [-0.1, -0.05) is 19.1 Å². The number of aryl methyl sites for hydroxylation is 1. The fourth-order valence-corrected chi connectivity index (χ4v) is 5.06. The predicted molar refractivity (Wildman–Crippen MR) is 155 cm³/mol. The first-order valence-electron chi connectivity index (χ1n) is 12.7. The number of hydrogen-bond donors (Lipinski definition) is 2. The highest BCUT2D eigenvalue weighted by Gasteiger charge is 2.30. The summed E-state index contributed by atoms with van der Waals surface area (Å²) in [6, 6.07) is 13.8. The average molecular weight is 649 g/mol. The summed E-state index contributed by atoms with van der Waals surface area (Å²) in [5.41, 5.74) is 0.407. The molecule has 1 atom stereocenters. The van der Waals surface area contributed by atoms with Crippen LogP contribution in [0, 0.1) is 22.1 Å². The molecule has 0 aromatic heterocycles. The summed E-state index contributed by atoms with van der Waals surface area (Å²) in [4.78, 5) is 28.8. The smallest absolute Gasteiger partial charge is 0.337 e. The number of ether oxygens (including phenoxy) is 1. The van der Waals surface area contributed by atoms with E-state index in [4.69, 9.17) is 4.74 Å². The van der Waals surface area contributed by atoms with Crippen LogP contribution in [0.1, 0.15) is 46.5 Å². The Morgan fingerprint density at radius 1 is 1.05 bits per heavy atom. The van der Waals surface area contributed by atoms with Crippen LogP contribution in [0.25, 0.3) is 0 Å². The van der Waals surface area contributed by atoms with Crippen molar-refractivity contribution in [3.05, 3.63) is 80.4 Å². The molecule has 1 heterocycles. The van der Waals surface area contributed by atoms with Crippen LogP contribution >= 0.6 is 22.6 Å². The summed E-state index contributed by atoms with van der Waals surface area (Å²) in [6.07, 6.45) is 0.901. The van der Waals surface area contributed by atoms with Crippen molar-refractivity contribution in [1.29, 1.82) is 0 Å². The van der Waals surface area contributed by atoms with Crippen molar-refractivity contribution < 1.29 is 28.2 Å². The third kappa shape index (κ3) is 6.26. The van der Waals surface area contributed by atoms with Gasteiger partial charge in [-0.25, -0.2) is 13.6 Å². The Bertz CT molecular complexity index is 1390. The third-order valence-corrected chi connectivity index (χ3v) is 7.46. The number of rotatable bonds is 8. The number of carbonyl (C=O) groups excluding carboxylic acids is 1. The van der Waals surface area contributed by atoms with Crippen molar-refractivity contribution in [2.75, 3.05) is 36.4 Å². The molecule has 39 heavy (non-hydrogen) atoms. The van der Waals surface area contributed by atoms with Gasteiger partial charge in [0.25, 0.3) is 5.91 Å². The van der Waals surface area contributed by atoms with Crippen LogP contribution in [0.2, 0.25) is 0 Å². The van der Waals surface area contributed by atoms with Crippen LogP contribution in [0.5, 0.6) is 5.75 Å². The van der Waals surface area contributed by atoms with Gasteiger partial charge in [-0.2, -0.15) is 0 Å². The minimum absolute atomic E-state index is 0.0438. The van der Waals surface area contributed by atoms with Gasteiger partial charge < -0.3 is 25.0 Å². The molecule has 0 radical (unpaired) electrons. The molecule has 3 aromatic carbocycles. The molecule has 0 spiro atoms. The van der Waals surface area contributed by atoms with Crippen molar-refractivity contribution in [3.63, 3.8) is 0 Å². The number of para-hydroxylation sites is 2. The first kappa shape index (κ1) is 28.6. The van der Waals surface area contributed by atoms with Gasteiger partial charge in [-0.05, 0) is 84.8 Å². The lowest BCUT2D eigenvalue weighted by Gasteiger charge is -2.37. The zero-order valence-corrected chi connectivity index (χ0v) is 24.1. The van der Waals surface area contributed by atoms with E-state index in [-0.39, 0.29) is 19.2 Å². The Hall–Kier alpha value is -3.41. The van der Waals surface area contributed by atoms with Crippen molar-refractivity contribution in [1.82, 2.24) is 4.90 Å². The summed E-state index contributed by atoms with van der Waals surface area (Å²) >= 11 is 2.12. The summed E-state index contributed by atoms with van der Waals surface area (Å²) < 4.78 is 37.5. The Morgan fingerprint density at radius 2 is 1.74 bits per heavy atom. The van der Waals surface area contributed by atoms with E-state index in [0.717, 1.165) is 33.1 Å². The third-order valence-electron chi connectivity index (χ3n) is 6.79. The molecule has 3 aromatic rings. The molecule has 4 rings (SSSR count). The largest absolute Gasteiger partial charge is 0.489 e. The van der Waals surface area contributed by atoms with E-state index in [1.807, 2.05) is 44.2 Å². The molecule has 1 unspecified atom stereocenters. The molecule has 1 amide bonds. The fourth-order valence-electron chi connectivity index (χ4n) is 4.41. The SMILES string of the molecule is CCC(C)Oc1ccccc1N1CCN(C(=O)c2cc(C(=O)O)c(Nc3ccc(I)cc3C)c(F)c2F)CC1. The minimum Gasteiger partial charge on any atom is -0.489 e. The van der Waals surface area contributed by atoms with E-state index in [0.29, 0.717) is 18.8 Å². The zero-order valence-electron chi connectivity index (χ0n) is 21.9. The molecular weight excluding hydrogens is 619 g/mol. The molecule has 1 aliphatic rings. The second-order valence-electron chi connectivity index (χ2n) is 9.45. The maximum absolute atomic E-state index is 15.3. The molecule has 206 valence electrons. The van der Waals surface area contributed by atoms with E-state index in [1.54, 1.807) is 19.1 Å². The number of carboxylic acid groups (broad SMARTS) is 1. The van der Waals surface area contributed by atoms with Crippen LogP contribution in [0.15, 0.2) is 48.5 Å². The highest BCUT2D eigenvalue weighted by molar-refractivity contribution is 14.1. The monoisotopic (exact) mass is 649 g/mol. The number of aromatic carboxylic acids is 1. The second kappa shape index (κ2) is 12.2. The molecule has 0 aliphatic carbocycles. The summed E-state index contributed by atoms with van der Waals surface area (Å²) in [5, 5.41) is 12.5. The molecule has 10 heteroatoms. The molecule has 0 bridgehead atoms. The maximum Gasteiger partial charge on any atom is 0.337 e. The molecule has 2 N–H and O–H groups in total. The van der Waals surface area contributed by atoms with E-state index in [1.165, 1.54) is 4.90 Å². The Morgan fingerprint density at radius 3 is 2.38 bits per heavy atom. The quantitative estimate of drug-likeness (QED) is 0.273. The minimum atomic E-state index is -1.48. The van der Waals surface area contributed by atoms with Gasteiger partial charge >= 0.3 is 5.97 Å². The summed E-state index contributed by atoms with van der Waals surface area (Å²) in [5.74, 6) is -4.28. The number of benzene rings is 3. The lowest BCUT2D eigenvalue weighted by Crippen LogP contribution is -2.49. The molecule has 7 nitrogen and oxygen atoms in total. The van der Waals surface area contributed by atoms with Gasteiger partial charge in [0.15, 0.2) is 11.6 Å². The highest BCUT2D eigenvalue weighted by Crippen LogP contribution is 2.33. The van der Waals surface area contributed by atoms with Gasteiger partial charge in [-0.15, -0.1) is 0 Å². The standard InChI is InChI=1S/C29H30F2IN3O4/c1-4-18(3)39-24-8-6-5-7-23(24)34-11-13-35(14-12-34)28(36)20-16-21(29(37)38)27(26(31)25(20)30)33-22-10-9-19(32)15-17(22)2/h5-10,15-16,18,33H,4,11-14H2,1-3H3,(H,37,38). The molecule has 1 saturated heterocycles. The zero-order chi connectivity index (χ0) is 28.3. The Kier molecular flexibility index (Phi) is 8.94. The highest BCUT2D eigenvalue weighted by atomic mass is 127. The van der Waals surface area contributed by atoms with Crippen LogP contribution in [-0.4, -0.2) is 54.2 Å². The molecular formula is C29H30F2IN3O4. The van der Waals surface area contributed by atoms with Crippen molar-refractivity contribution in [3.8, 4) is 5.75 Å². The molecule has 0 saturated carbocycles. The van der Waals surface area contributed by atoms with Crippen LogP contribution in [0.4, 0.5) is 25.8 Å². The van der Waals surface area contributed by atoms with E-state index in [2.05, 4.69) is 32.8 Å². The lowest BCUT2D eigenvalue weighted by molar-refractivity contribution is 0.0697. The van der Waals surface area contributed by atoms with Crippen LogP contribution in [0.3, 0.4) is 0 Å².